The third kappa shape index (κ3) is 4.00. The van der Waals surface area contributed by atoms with E-state index in [1.807, 2.05) is 32.3 Å². The topological polar surface area (TPSA) is 143 Å². The number of thiazole rings is 1. The molecule has 1 aromatic carbocycles. The van der Waals surface area contributed by atoms with Gasteiger partial charge < -0.3 is 15.7 Å². The minimum absolute atomic E-state index is 0.487. The van der Waals surface area contributed by atoms with E-state index in [1.54, 1.807) is 28.1 Å². The molecule has 31 heavy (non-hydrogen) atoms. The second-order valence-corrected chi connectivity index (χ2v) is 8.15. The lowest BCUT2D eigenvalue weighted by Gasteiger charge is -2.16. The first-order chi connectivity index (χ1) is 15.0. The van der Waals surface area contributed by atoms with E-state index in [2.05, 4.69) is 20.7 Å². The van der Waals surface area contributed by atoms with E-state index in [9.17, 15) is 4.79 Å². The lowest BCUT2D eigenvalue weighted by atomic mass is 10.1. The Labute approximate surface area is 182 Å². The van der Waals surface area contributed by atoms with Crippen LogP contribution < -0.4 is 17.0 Å². The maximum atomic E-state index is 11.7. The van der Waals surface area contributed by atoms with E-state index >= 15 is 0 Å². The molecule has 0 atom stereocenters. The number of nitrogens with zero attached hydrogens (tertiary/aromatic N) is 5. The first-order valence-electron chi connectivity index (χ1n) is 9.52. The fourth-order valence-electron chi connectivity index (χ4n) is 3.43. The number of aromatic amines is 1. The van der Waals surface area contributed by atoms with Crippen LogP contribution in [-0.2, 0) is 20.0 Å². The summed E-state index contributed by atoms with van der Waals surface area (Å²) in [7, 11) is 3.67. The quantitative estimate of drug-likeness (QED) is 0.109. The van der Waals surface area contributed by atoms with Crippen LogP contribution >= 0.6 is 11.3 Å². The van der Waals surface area contributed by atoms with Crippen LogP contribution in [-0.4, -0.2) is 44.3 Å². The van der Waals surface area contributed by atoms with Gasteiger partial charge in [-0.25, -0.2) is 4.98 Å². The van der Waals surface area contributed by atoms with Gasteiger partial charge in [0.15, 0.2) is 11.9 Å². The number of aldehydes is 1. The van der Waals surface area contributed by atoms with Gasteiger partial charge in [-0.1, -0.05) is 12.1 Å². The van der Waals surface area contributed by atoms with Crippen molar-refractivity contribution in [2.24, 2.45) is 18.0 Å². The number of hydrazine groups is 1. The molecule has 6 N–H and O–H groups in total. The molecule has 4 aromatic rings. The largest absolute Gasteiger partial charge is 0.397 e. The molecule has 0 unspecified atom stereocenters. The number of carbonyl (C=O) groups excluding carboxylic acids is 1. The summed E-state index contributed by atoms with van der Waals surface area (Å²) < 4.78 is 2.71. The molecule has 0 fully saturated rings. The maximum absolute atomic E-state index is 11.7. The Morgan fingerprint density at radius 2 is 2.23 bits per heavy atom. The van der Waals surface area contributed by atoms with Gasteiger partial charge in [-0.05, 0) is 17.7 Å². The van der Waals surface area contributed by atoms with Gasteiger partial charge in [0.05, 0.1) is 40.2 Å². The molecule has 10 nitrogen and oxygen atoms in total. The molecule has 0 aliphatic heterocycles. The summed E-state index contributed by atoms with van der Waals surface area (Å²) in [5.74, 6) is 5.61. The summed E-state index contributed by atoms with van der Waals surface area (Å²) in [5, 5.41) is 14.2. The highest BCUT2D eigenvalue weighted by atomic mass is 32.1. The zero-order valence-electron chi connectivity index (χ0n) is 17.2. The molecule has 0 aliphatic carbocycles. The lowest BCUT2D eigenvalue weighted by molar-refractivity contribution is 0.111. The third-order valence-electron chi connectivity index (χ3n) is 4.97. The van der Waals surface area contributed by atoms with Crippen LogP contribution in [0, 0.1) is 0 Å². The van der Waals surface area contributed by atoms with Crippen molar-refractivity contribution in [1.29, 1.82) is 0 Å². The van der Waals surface area contributed by atoms with Gasteiger partial charge in [-0.3, -0.25) is 20.7 Å². The van der Waals surface area contributed by atoms with E-state index in [0.29, 0.717) is 30.0 Å². The van der Waals surface area contributed by atoms with Crippen molar-refractivity contribution >= 4 is 45.6 Å². The minimum atomic E-state index is 0.487. The number of nitrogen functional groups attached to an aromatic ring is 2. The van der Waals surface area contributed by atoms with Crippen molar-refractivity contribution < 1.29 is 4.79 Å². The Bertz CT molecular complexity index is 1240. The number of para-hydroxylation sites is 1. The van der Waals surface area contributed by atoms with Crippen LogP contribution in [0.4, 0.5) is 11.4 Å². The van der Waals surface area contributed by atoms with Gasteiger partial charge >= 0.3 is 0 Å². The van der Waals surface area contributed by atoms with E-state index in [-0.39, 0.29) is 0 Å². The number of carbonyl (C=O) groups is 1. The SMILES string of the molecule is CN(Cc1cccc(N)c1NN)/N=C\c1c(C=O)n(C)c2nc(Cc3cc[nH]n3)sc12. The summed E-state index contributed by atoms with van der Waals surface area (Å²) in [6.45, 7) is 0.487. The summed E-state index contributed by atoms with van der Waals surface area (Å²) in [4.78, 5) is 16.4. The highest BCUT2D eigenvalue weighted by Crippen LogP contribution is 2.30. The third-order valence-corrected chi connectivity index (χ3v) is 6.04. The first kappa shape index (κ1) is 20.6. The molecule has 0 amide bonds. The number of aryl methyl sites for hydroxylation is 1. The number of nitrogens with two attached hydrogens (primary N) is 2. The number of hydrogen-bond acceptors (Lipinski definition) is 9. The molecule has 0 aliphatic rings. The zero-order chi connectivity index (χ0) is 22.0. The fourth-order valence-corrected chi connectivity index (χ4v) is 4.56. The van der Waals surface area contributed by atoms with E-state index in [4.69, 9.17) is 16.6 Å². The molecular weight excluding hydrogens is 414 g/mol. The molecule has 0 saturated carbocycles. The van der Waals surface area contributed by atoms with Gasteiger partial charge in [0.2, 0.25) is 0 Å². The molecule has 3 heterocycles. The first-order valence-corrected chi connectivity index (χ1v) is 10.3. The molecule has 11 heteroatoms. The molecule has 3 aromatic heterocycles. The van der Waals surface area contributed by atoms with Crippen LogP contribution in [0.15, 0.2) is 35.6 Å². The Morgan fingerprint density at radius 1 is 1.39 bits per heavy atom. The van der Waals surface area contributed by atoms with Gasteiger partial charge in [0.1, 0.15) is 5.01 Å². The second-order valence-electron chi connectivity index (χ2n) is 7.06. The van der Waals surface area contributed by atoms with Gasteiger partial charge in [-0.15, -0.1) is 11.3 Å². The number of rotatable bonds is 8. The number of nitrogens with one attached hydrogen (secondary N) is 2. The molecule has 4 rings (SSSR count). The predicted molar refractivity (Wildman–Crippen MR) is 123 cm³/mol. The average Bonchev–Trinajstić information content (AvgIpc) is 3.45. The fraction of sp³-hybridized carbons (Fsp3) is 0.200. The summed E-state index contributed by atoms with van der Waals surface area (Å²) in [5.41, 5.74) is 13.7. The van der Waals surface area contributed by atoms with Crippen LogP contribution in [0.5, 0.6) is 0 Å². The standard InChI is InChI=1S/C20H23N9OS/c1-28(10-12-4-3-5-15(21)18(12)26-22)24-9-14-16(11-30)29(2)20-19(14)31-17(25-20)8-13-6-7-23-27-13/h3-7,9,11,26H,8,10,21-22H2,1-2H3,(H,23,27)/b24-9-. The highest BCUT2D eigenvalue weighted by molar-refractivity contribution is 7.19. The normalized spacial score (nSPS) is 11.5. The van der Waals surface area contributed by atoms with Crippen LogP contribution in [0.25, 0.3) is 10.3 Å². The van der Waals surface area contributed by atoms with E-state index < -0.39 is 0 Å². The summed E-state index contributed by atoms with van der Waals surface area (Å²) in [6.07, 6.45) is 4.94. The smallest absolute Gasteiger partial charge is 0.167 e. The van der Waals surface area contributed by atoms with Gasteiger partial charge in [-0.2, -0.15) is 10.2 Å². The number of anilines is 2. The van der Waals surface area contributed by atoms with Crippen molar-refractivity contribution in [2.75, 3.05) is 18.2 Å². The number of H-pyrrole nitrogens is 1. The molecule has 0 saturated heterocycles. The number of hydrogen-bond donors (Lipinski definition) is 4. The Kier molecular flexibility index (Phi) is 5.69. The molecule has 0 radical (unpaired) electrons. The van der Waals surface area contributed by atoms with Crippen molar-refractivity contribution in [3.8, 4) is 0 Å². The van der Waals surface area contributed by atoms with E-state index in [0.717, 1.165) is 38.5 Å². The average molecular weight is 438 g/mol. The summed E-state index contributed by atoms with van der Waals surface area (Å²) in [6, 6.07) is 7.50. The summed E-state index contributed by atoms with van der Waals surface area (Å²) >= 11 is 1.54. The van der Waals surface area contributed by atoms with Gasteiger partial charge in [0, 0.05) is 32.3 Å². The molecule has 160 valence electrons. The number of aromatic nitrogens is 4. The number of hydrazone groups is 1. The van der Waals surface area contributed by atoms with Crippen LogP contribution in [0.2, 0.25) is 0 Å². The van der Waals surface area contributed by atoms with Crippen molar-refractivity contribution in [1.82, 2.24) is 24.8 Å². The molecule has 0 spiro atoms. The lowest BCUT2D eigenvalue weighted by Crippen LogP contribution is -2.16. The Morgan fingerprint density at radius 3 is 2.94 bits per heavy atom. The Hall–Kier alpha value is -3.70. The molecular formula is C20H23N9OS. The number of benzene rings is 1. The van der Waals surface area contributed by atoms with Crippen molar-refractivity contribution in [3.63, 3.8) is 0 Å². The Balaban J connectivity index is 1.62. The predicted octanol–water partition coefficient (Wildman–Crippen LogP) is 2.09. The second kappa shape index (κ2) is 8.58. The maximum Gasteiger partial charge on any atom is 0.167 e. The molecule has 0 bridgehead atoms. The van der Waals surface area contributed by atoms with Crippen LogP contribution in [0.3, 0.4) is 0 Å². The minimum Gasteiger partial charge on any atom is -0.397 e. The van der Waals surface area contributed by atoms with Crippen LogP contribution in [0.1, 0.15) is 32.3 Å². The zero-order valence-corrected chi connectivity index (χ0v) is 18.0. The van der Waals surface area contributed by atoms with Crippen molar-refractivity contribution in [2.45, 2.75) is 13.0 Å². The van der Waals surface area contributed by atoms with Gasteiger partial charge in [0.25, 0.3) is 0 Å². The van der Waals surface area contributed by atoms with E-state index in [1.165, 1.54) is 11.3 Å². The number of fused-ring (bicyclic) bond motifs is 1. The van der Waals surface area contributed by atoms with Crippen molar-refractivity contribution in [3.05, 3.63) is 58.0 Å². The highest BCUT2D eigenvalue weighted by Gasteiger charge is 2.19. The monoisotopic (exact) mass is 437 g/mol.